The number of ether oxygens (including phenoxy) is 3. The number of hydrogen-bond acceptors (Lipinski definition) is 7. The molecule has 9 nitrogen and oxygen atoms in total. The van der Waals surface area contributed by atoms with Crippen molar-refractivity contribution in [1.82, 2.24) is 5.43 Å². The van der Waals surface area contributed by atoms with E-state index in [9.17, 15) is 14.9 Å². The van der Waals surface area contributed by atoms with Gasteiger partial charge in [0.15, 0.2) is 11.5 Å². The summed E-state index contributed by atoms with van der Waals surface area (Å²) in [6, 6.07) is 6.89. The summed E-state index contributed by atoms with van der Waals surface area (Å²) in [6.45, 7) is 0.107. The Morgan fingerprint density at radius 3 is 2.77 bits per heavy atom. The number of nitro benzene ring substituents is 1. The van der Waals surface area contributed by atoms with Crippen molar-refractivity contribution in [3.05, 3.63) is 56.6 Å². The molecule has 0 radical (unpaired) electrons. The highest BCUT2D eigenvalue weighted by Crippen LogP contribution is 2.36. The molecule has 0 bridgehead atoms. The van der Waals surface area contributed by atoms with Crippen LogP contribution >= 0.6 is 11.6 Å². The van der Waals surface area contributed by atoms with Crippen LogP contribution in [0.4, 0.5) is 5.69 Å². The molecule has 2 aromatic rings. The van der Waals surface area contributed by atoms with Gasteiger partial charge >= 0.3 is 0 Å². The average molecular weight is 378 g/mol. The van der Waals surface area contributed by atoms with Gasteiger partial charge in [-0.05, 0) is 12.1 Å². The van der Waals surface area contributed by atoms with Gasteiger partial charge in [-0.2, -0.15) is 5.10 Å². The van der Waals surface area contributed by atoms with Gasteiger partial charge in [-0.3, -0.25) is 14.9 Å². The fourth-order valence-electron chi connectivity index (χ4n) is 2.24. The average Bonchev–Trinajstić information content (AvgIpc) is 3.08. The van der Waals surface area contributed by atoms with Crippen LogP contribution in [-0.2, 0) is 0 Å². The second-order valence-electron chi connectivity index (χ2n) is 5.07. The summed E-state index contributed by atoms with van der Waals surface area (Å²) in [5, 5.41) is 15.1. The molecule has 1 aliphatic heterocycles. The first kappa shape index (κ1) is 17.5. The molecular weight excluding hydrogens is 366 g/mol. The summed E-state index contributed by atoms with van der Waals surface area (Å²) in [5.41, 5.74) is 2.53. The van der Waals surface area contributed by atoms with Crippen LogP contribution in [0.2, 0.25) is 5.02 Å². The first-order chi connectivity index (χ1) is 12.5. The van der Waals surface area contributed by atoms with Crippen LogP contribution < -0.4 is 19.6 Å². The smallest absolute Gasteiger partial charge is 0.275 e. The molecule has 0 saturated carbocycles. The second kappa shape index (κ2) is 7.28. The maximum absolute atomic E-state index is 12.3. The number of nitrogens with zero attached hydrogens (tertiary/aromatic N) is 2. The maximum Gasteiger partial charge on any atom is 0.275 e. The number of carbonyl (C=O) groups is 1. The third-order valence-electron chi connectivity index (χ3n) is 3.50. The number of nitrogens with one attached hydrogen (secondary N) is 1. The normalized spacial score (nSPS) is 12.2. The minimum absolute atomic E-state index is 0.0179. The molecule has 0 spiro atoms. The van der Waals surface area contributed by atoms with Gasteiger partial charge < -0.3 is 14.2 Å². The Balaban J connectivity index is 1.78. The van der Waals surface area contributed by atoms with Crippen molar-refractivity contribution in [3.63, 3.8) is 0 Å². The molecule has 0 aromatic heterocycles. The summed E-state index contributed by atoms with van der Waals surface area (Å²) in [4.78, 5) is 22.5. The Hall–Kier alpha value is -3.33. The summed E-state index contributed by atoms with van der Waals surface area (Å²) in [6.07, 6.45) is 1.33. The Labute approximate surface area is 152 Å². The van der Waals surface area contributed by atoms with Crippen LogP contribution in [0, 0.1) is 10.1 Å². The number of hydrogen-bond donors (Lipinski definition) is 1. The molecule has 10 heteroatoms. The van der Waals surface area contributed by atoms with Gasteiger partial charge in [0.2, 0.25) is 6.79 Å². The van der Waals surface area contributed by atoms with E-state index in [-0.39, 0.29) is 23.8 Å². The highest BCUT2D eigenvalue weighted by Gasteiger charge is 2.18. The zero-order chi connectivity index (χ0) is 18.7. The number of amides is 1. The summed E-state index contributed by atoms with van der Waals surface area (Å²) < 4.78 is 15.5. The highest BCUT2D eigenvalue weighted by atomic mass is 35.5. The number of carbonyl (C=O) groups excluding carboxylic acids is 1. The van der Waals surface area contributed by atoms with E-state index >= 15 is 0 Å². The largest absolute Gasteiger partial charge is 0.496 e. The van der Waals surface area contributed by atoms with E-state index < -0.39 is 10.8 Å². The van der Waals surface area contributed by atoms with E-state index in [4.69, 9.17) is 25.8 Å². The van der Waals surface area contributed by atoms with Gasteiger partial charge in [0.1, 0.15) is 5.75 Å². The SMILES string of the molecule is COc1ccc([N+](=O)[O-])cc1C(=O)NN=Cc1cc2c(cc1Cl)OCO2. The maximum atomic E-state index is 12.3. The second-order valence-corrected chi connectivity index (χ2v) is 5.48. The standard InChI is InChI=1S/C16H12ClN3O6/c1-24-13-3-2-10(20(22)23)5-11(13)16(21)19-18-7-9-4-14-15(6-12(9)17)26-8-25-14/h2-7H,8H2,1H3,(H,19,21). The zero-order valence-electron chi connectivity index (χ0n) is 13.4. The molecule has 0 atom stereocenters. The third kappa shape index (κ3) is 3.52. The van der Waals surface area contributed by atoms with Gasteiger partial charge in [0.05, 0.1) is 28.8 Å². The van der Waals surface area contributed by atoms with E-state index in [0.29, 0.717) is 22.1 Å². The number of non-ortho nitro benzene ring substituents is 1. The van der Waals surface area contributed by atoms with Crippen molar-refractivity contribution in [3.8, 4) is 17.2 Å². The molecule has 2 aromatic carbocycles. The third-order valence-corrected chi connectivity index (χ3v) is 3.83. The highest BCUT2D eigenvalue weighted by molar-refractivity contribution is 6.33. The predicted molar refractivity (Wildman–Crippen MR) is 92.3 cm³/mol. The summed E-state index contributed by atoms with van der Waals surface area (Å²) >= 11 is 6.11. The topological polar surface area (TPSA) is 112 Å². The fraction of sp³-hybridized carbons (Fsp3) is 0.125. The van der Waals surface area contributed by atoms with E-state index in [1.54, 1.807) is 12.1 Å². The van der Waals surface area contributed by atoms with Crippen LogP contribution in [-0.4, -0.2) is 30.9 Å². The number of benzene rings is 2. The minimum Gasteiger partial charge on any atom is -0.496 e. The number of hydrazone groups is 1. The number of methoxy groups -OCH3 is 1. The van der Waals surface area contributed by atoms with Crippen molar-refractivity contribution in [2.45, 2.75) is 0 Å². The lowest BCUT2D eigenvalue weighted by atomic mass is 10.1. The van der Waals surface area contributed by atoms with Crippen LogP contribution in [0.15, 0.2) is 35.4 Å². The van der Waals surface area contributed by atoms with Gasteiger partial charge in [0, 0.05) is 23.8 Å². The van der Waals surface area contributed by atoms with Gasteiger partial charge in [-0.1, -0.05) is 11.6 Å². The van der Waals surface area contributed by atoms with Crippen molar-refractivity contribution in [2.24, 2.45) is 5.10 Å². The van der Waals surface area contributed by atoms with E-state index in [2.05, 4.69) is 10.5 Å². The molecule has 0 aliphatic carbocycles. The van der Waals surface area contributed by atoms with Gasteiger partial charge in [-0.15, -0.1) is 0 Å². The first-order valence-electron chi connectivity index (χ1n) is 7.24. The van der Waals surface area contributed by atoms with Crippen molar-refractivity contribution in [1.29, 1.82) is 0 Å². The van der Waals surface area contributed by atoms with Crippen molar-refractivity contribution in [2.75, 3.05) is 13.9 Å². The zero-order valence-corrected chi connectivity index (χ0v) is 14.1. The van der Waals surface area contributed by atoms with E-state index in [1.165, 1.54) is 25.5 Å². The lowest BCUT2D eigenvalue weighted by Crippen LogP contribution is -2.18. The number of nitro groups is 1. The van der Waals surface area contributed by atoms with Crippen molar-refractivity contribution < 1.29 is 23.9 Å². The molecule has 0 saturated heterocycles. The predicted octanol–water partition coefficient (Wildman–Crippen LogP) is 2.75. The fourth-order valence-corrected chi connectivity index (χ4v) is 2.44. The number of halogens is 1. The molecule has 26 heavy (non-hydrogen) atoms. The van der Waals surface area contributed by atoms with Gasteiger partial charge in [0.25, 0.3) is 11.6 Å². The van der Waals surface area contributed by atoms with Crippen LogP contribution in [0.5, 0.6) is 17.2 Å². The number of rotatable bonds is 5. The lowest BCUT2D eigenvalue weighted by molar-refractivity contribution is -0.384. The van der Waals surface area contributed by atoms with Crippen LogP contribution in [0.1, 0.15) is 15.9 Å². The molecule has 0 fully saturated rings. The monoisotopic (exact) mass is 377 g/mol. The Morgan fingerprint density at radius 1 is 1.35 bits per heavy atom. The van der Waals surface area contributed by atoms with Crippen molar-refractivity contribution >= 4 is 29.4 Å². The molecule has 1 aliphatic rings. The minimum atomic E-state index is -0.668. The number of fused-ring (bicyclic) bond motifs is 1. The molecular formula is C16H12ClN3O6. The Kier molecular flexibility index (Phi) is 4.90. The van der Waals surface area contributed by atoms with E-state index in [0.717, 1.165) is 6.07 Å². The Morgan fingerprint density at radius 2 is 2.08 bits per heavy atom. The summed E-state index contributed by atoms with van der Waals surface area (Å²) in [5.74, 6) is 0.558. The quantitative estimate of drug-likeness (QED) is 0.487. The summed E-state index contributed by atoms with van der Waals surface area (Å²) in [7, 11) is 1.35. The molecule has 1 N–H and O–H groups in total. The lowest BCUT2D eigenvalue weighted by Gasteiger charge is -2.06. The first-order valence-corrected chi connectivity index (χ1v) is 7.62. The van der Waals surface area contributed by atoms with Crippen LogP contribution in [0.3, 0.4) is 0 Å². The molecule has 1 amide bonds. The van der Waals surface area contributed by atoms with Crippen LogP contribution in [0.25, 0.3) is 0 Å². The van der Waals surface area contributed by atoms with E-state index in [1.807, 2.05) is 0 Å². The Bertz CT molecular complexity index is 915. The molecule has 0 unspecified atom stereocenters. The molecule has 3 rings (SSSR count). The van der Waals surface area contributed by atoms with Gasteiger partial charge in [-0.25, -0.2) is 5.43 Å². The molecule has 1 heterocycles. The molecule has 134 valence electrons.